The molecule has 100 valence electrons. The molecule has 2 aromatic heterocycles. The predicted molar refractivity (Wildman–Crippen MR) is 73.5 cm³/mol. The van der Waals surface area contributed by atoms with Crippen molar-refractivity contribution >= 4 is 11.6 Å². The first-order valence-corrected chi connectivity index (χ1v) is 6.00. The second-order valence-electron chi connectivity index (χ2n) is 4.07. The number of nitrogens with one attached hydrogen (secondary N) is 1. The molecular weight excluding hydrogens is 256 g/mol. The molecule has 20 heavy (non-hydrogen) atoms. The van der Waals surface area contributed by atoms with Gasteiger partial charge in [-0.3, -0.25) is 0 Å². The van der Waals surface area contributed by atoms with E-state index in [4.69, 9.17) is 5.73 Å². The number of anilines is 2. The van der Waals surface area contributed by atoms with Crippen LogP contribution in [0.5, 0.6) is 0 Å². The molecule has 0 aliphatic heterocycles. The predicted octanol–water partition coefficient (Wildman–Crippen LogP) is 1.72. The Balaban J connectivity index is 1.83. The summed E-state index contributed by atoms with van der Waals surface area (Å²) < 4.78 is 4.66. The monoisotopic (exact) mass is 268 g/mol. The minimum atomic E-state index is 0.398. The number of benzene rings is 1. The number of nitrogens with two attached hydrogens (primary N) is 1. The van der Waals surface area contributed by atoms with Crippen LogP contribution in [-0.2, 0) is 6.54 Å². The largest absolute Gasteiger partial charge is 0.384 e. The minimum absolute atomic E-state index is 0.398. The van der Waals surface area contributed by atoms with Crippen molar-refractivity contribution in [3.63, 3.8) is 0 Å². The lowest BCUT2D eigenvalue weighted by Gasteiger charge is -2.07. The Hall–Kier alpha value is -2.96. The van der Waals surface area contributed by atoms with Gasteiger partial charge in [0.05, 0.1) is 6.54 Å². The van der Waals surface area contributed by atoms with Crippen molar-refractivity contribution in [2.75, 3.05) is 11.1 Å². The Kier molecular flexibility index (Phi) is 3.24. The highest BCUT2D eigenvalue weighted by molar-refractivity contribution is 5.60. The van der Waals surface area contributed by atoms with Crippen molar-refractivity contribution in [3.8, 4) is 11.4 Å². The zero-order chi connectivity index (χ0) is 13.8. The molecule has 3 N–H and O–H groups in total. The first kappa shape index (κ1) is 12.1. The van der Waals surface area contributed by atoms with E-state index in [1.54, 1.807) is 6.07 Å². The highest BCUT2D eigenvalue weighted by Gasteiger charge is 2.06. The third kappa shape index (κ3) is 2.72. The van der Waals surface area contributed by atoms with Gasteiger partial charge in [-0.15, -0.1) is 0 Å². The number of hydrogen-bond donors (Lipinski definition) is 2. The van der Waals surface area contributed by atoms with Crippen LogP contribution in [0.1, 0.15) is 5.82 Å². The molecule has 0 saturated heterocycles. The van der Waals surface area contributed by atoms with Gasteiger partial charge in [-0.2, -0.15) is 4.98 Å². The lowest BCUT2D eigenvalue weighted by Crippen LogP contribution is -2.05. The SMILES string of the molecule is Nc1cc(NCc2ncon2)nc(-c2ccccc2)n1. The van der Waals surface area contributed by atoms with E-state index in [-0.39, 0.29) is 0 Å². The summed E-state index contributed by atoms with van der Waals surface area (Å²) in [5.74, 6) is 2.13. The number of nitrogen functional groups attached to an aromatic ring is 1. The number of hydrogen-bond acceptors (Lipinski definition) is 7. The summed E-state index contributed by atoms with van der Waals surface area (Å²) in [4.78, 5) is 12.6. The smallest absolute Gasteiger partial charge is 0.213 e. The number of rotatable bonds is 4. The quantitative estimate of drug-likeness (QED) is 0.742. The van der Waals surface area contributed by atoms with Gasteiger partial charge in [0.25, 0.3) is 0 Å². The second kappa shape index (κ2) is 5.35. The van der Waals surface area contributed by atoms with E-state index in [0.717, 1.165) is 5.56 Å². The highest BCUT2D eigenvalue weighted by Crippen LogP contribution is 2.18. The summed E-state index contributed by atoms with van der Waals surface area (Å²) in [6, 6.07) is 11.3. The molecule has 0 radical (unpaired) electrons. The average Bonchev–Trinajstić information content (AvgIpc) is 2.99. The van der Waals surface area contributed by atoms with Crippen LogP contribution >= 0.6 is 0 Å². The average molecular weight is 268 g/mol. The summed E-state index contributed by atoms with van der Waals surface area (Å²) in [7, 11) is 0. The van der Waals surface area contributed by atoms with Gasteiger partial charge < -0.3 is 15.6 Å². The summed E-state index contributed by atoms with van der Waals surface area (Å²) in [6.07, 6.45) is 1.28. The van der Waals surface area contributed by atoms with E-state index in [0.29, 0.717) is 29.8 Å². The van der Waals surface area contributed by atoms with E-state index in [1.807, 2.05) is 30.3 Å². The zero-order valence-electron chi connectivity index (χ0n) is 10.5. The van der Waals surface area contributed by atoms with Crippen LogP contribution < -0.4 is 11.1 Å². The summed E-state index contributed by atoms with van der Waals surface area (Å²) >= 11 is 0. The van der Waals surface area contributed by atoms with E-state index >= 15 is 0 Å². The third-order valence-electron chi connectivity index (χ3n) is 2.61. The Labute approximate surface area is 114 Å². The molecule has 0 fully saturated rings. The fourth-order valence-electron chi connectivity index (χ4n) is 1.71. The maximum Gasteiger partial charge on any atom is 0.213 e. The summed E-state index contributed by atoms with van der Waals surface area (Å²) in [6.45, 7) is 0.404. The molecule has 0 unspecified atom stereocenters. The molecule has 0 aliphatic rings. The Morgan fingerprint density at radius 1 is 1.15 bits per heavy atom. The normalized spacial score (nSPS) is 10.4. The van der Waals surface area contributed by atoms with Gasteiger partial charge in [0, 0.05) is 11.6 Å². The molecule has 0 bridgehead atoms. The molecule has 0 amide bonds. The molecule has 0 atom stereocenters. The molecule has 0 spiro atoms. The van der Waals surface area contributed by atoms with Gasteiger partial charge >= 0.3 is 0 Å². The van der Waals surface area contributed by atoms with Crippen LogP contribution in [0.25, 0.3) is 11.4 Å². The fourth-order valence-corrected chi connectivity index (χ4v) is 1.71. The lowest BCUT2D eigenvalue weighted by atomic mass is 10.2. The van der Waals surface area contributed by atoms with Crippen LogP contribution in [0.2, 0.25) is 0 Å². The minimum Gasteiger partial charge on any atom is -0.384 e. The third-order valence-corrected chi connectivity index (χ3v) is 2.61. The first-order chi connectivity index (χ1) is 9.81. The number of nitrogens with zero attached hydrogens (tertiary/aromatic N) is 4. The molecule has 3 aromatic rings. The number of aromatic nitrogens is 4. The molecule has 1 aromatic carbocycles. The van der Waals surface area contributed by atoms with Gasteiger partial charge in [-0.05, 0) is 0 Å². The Morgan fingerprint density at radius 2 is 2.00 bits per heavy atom. The highest BCUT2D eigenvalue weighted by atomic mass is 16.5. The standard InChI is InChI=1S/C13H12N6O/c14-10-6-11(15-7-12-16-8-20-19-12)18-13(17-10)9-4-2-1-3-5-9/h1-6,8H,7H2,(H3,14,15,17,18). The maximum atomic E-state index is 5.80. The zero-order valence-corrected chi connectivity index (χ0v) is 10.5. The lowest BCUT2D eigenvalue weighted by molar-refractivity contribution is 0.411. The Morgan fingerprint density at radius 3 is 2.75 bits per heavy atom. The van der Waals surface area contributed by atoms with Gasteiger partial charge in [-0.25, -0.2) is 9.97 Å². The molecule has 0 aliphatic carbocycles. The second-order valence-corrected chi connectivity index (χ2v) is 4.07. The van der Waals surface area contributed by atoms with Gasteiger partial charge in [-0.1, -0.05) is 35.5 Å². The van der Waals surface area contributed by atoms with Crippen molar-refractivity contribution in [1.82, 2.24) is 20.1 Å². The molecular formula is C13H12N6O. The fraction of sp³-hybridized carbons (Fsp3) is 0.0769. The maximum absolute atomic E-state index is 5.80. The van der Waals surface area contributed by atoms with E-state index in [9.17, 15) is 0 Å². The molecule has 7 nitrogen and oxygen atoms in total. The van der Waals surface area contributed by atoms with Crippen molar-refractivity contribution in [2.24, 2.45) is 0 Å². The van der Waals surface area contributed by atoms with Crippen LogP contribution in [0.15, 0.2) is 47.3 Å². The molecule has 0 saturated carbocycles. The van der Waals surface area contributed by atoms with Crippen LogP contribution in [-0.4, -0.2) is 20.1 Å². The van der Waals surface area contributed by atoms with Crippen molar-refractivity contribution in [3.05, 3.63) is 48.6 Å². The molecule has 2 heterocycles. The molecule has 7 heteroatoms. The summed E-state index contributed by atoms with van der Waals surface area (Å²) in [5.41, 5.74) is 6.71. The van der Waals surface area contributed by atoms with Crippen molar-refractivity contribution < 1.29 is 4.52 Å². The van der Waals surface area contributed by atoms with Crippen molar-refractivity contribution in [1.29, 1.82) is 0 Å². The topological polar surface area (TPSA) is 103 Å². The van der Waals surface area contributed by atoms with Crippen LogP contribution in [0.3, 0.4) is 0 Å². The van der Waals surface area contributed by atoms with Crippen molar-refractivity contribution in [2.45, 2.75) is 6.54 Å². The first-order valence-electron chi connectivity index (χ1n) is 6.00. The van der Waals surface area contributed by atoms with E-state index < -0.39 is 0 Å². The molecule has 3 rings (SSSR count). The van der Waals surface area contributed by atoms with Crippen LogP contribution in [0, 0.1) is 0 Å². The van der Waals surface area contributed by atoms with Gasteiger partial charge in [0.1, 0.15) is 11.6 Å². The van der Waals surface area contributed by atoms with Crippen LogP contribution in [0.4, 0.5) is 11.6 Å². The van der Waals surface area contributed by atoms with Gasteiger partial charge in [0.15, 0.2) is 11.6 Å². The van der Waals surface area contributed by atoms with E-state index in [2.05, 4.69) is 29.9 Å². The summed E-state index contributed by atoms with van der Waals surface area (Å²) in [5, 5.41) is 6.79. The van der Waals surface area contributed by atoms with E-state index in [1.165, 1.54) is 6.39 Å². The van der Waals surface area contributed by atoms with Gasteiger partial charge in [0.2, 0.25) is 6.39 Å². The Bertz CT molecular complexity index is 683.